The summed E-state index contributed by atoms with van der Waals surface area (Å²) in [4.78, 5) is 23.4. The molecule has 0 aliphatic heterocycles. The zero-order valence-corrected chi connectivity index (χ0v) is 13.7. The molecule has 6 heteroatoms. The van der Waals surface area contributed by atoms with Crippen molar-refractivity contribution in [3.8, 4) is 0 Å². The van der Waals surface area contributed by atoms with E-state index in [-0.39, 0.29) is 6.54 Å². The first-order chi connectivity index (χ1) is 10.3. The molecule has 1 atom stereocenters. The first-order valence-corrected chi connectivity index (χ1v) is 7.90. The number of amides is 2. The Morgan fingerprint density at radius 1 is 1.23 bits per heavy atom. The van der Waals surface area contributed by atoms with Gasteiger partial charge in [-0.05, 0) is 37.6 Å². The summed E-state index contributed by atoms with van der Waals surface area (Å²) in [6, 6.07) is 7.75. The van der Waals surface area contributed by atoms with Gasteiger partial charge in [-0.25, -0.2) is 0 Å². The normalized spacial score (nSPS) is 12.9. The summed E-state index contributed by atoms with van der Waals surface area (Å²) < 4.78 is 1.08. The Bertz CT molecular complexity index is 688. The number of fused-ring (bicyclic) bond motifs is 1. The van der Waals surface area contributed by atoms with E-state index in [0.29, 0.717) is 0 Å². The summed E-state index contributed by atoms with van der Waals surface area (Å²) in [7, 11) is 0. The number of nitrogens with one attached hydrogen (secondary N) is 2. The highest BCUT2D eigenvalue weighted by Gasteiger charge is 2.21. The molecule has 5 nitrogen and oxygen atoms in total. The Morgan fingerprint density at radius 3 is 2.59 bits per heavy atom. The highest BCUT2D eigenvalue weighted by molar-refractivity contribution is 7.17. The number of aliphatic hydroxyl groups excluding tert-OH is 1. The van der Waals surface area contributed by atoms with Crippen molar-refractivity contribution in [3.05, 3.63) is 35.2 Å². The van der Waals surface area contributed by atoms with E-state index in [2.05, 4.69) is 10.6 Å². The largest absolute Gasteiger partial charge is 0.387 e. The minimum absolute atomic E-state index is 0.00285. The predicted molar refractivity (Wildman–Crippen MR) is 87.7 cm³/mol. The van der Waals surface area contributed by atoms with E-state index in [1.165, 1.54) is 11.3 Å². The maximum absolute atomic E-state index is 11.7. The molecule has 0 bridgehead atoms. The number of benzene rings is 1. The molecule has 0 saturated carbocycles. The minimum atomic E-state index is -0.845. The molecule has 0 aliphatic carbocycles. The van der Waals surface area contributed by atoms with Crippen molar-refractivity contribution in [2.45, 2.75) is 32.4 Å². The molecule has 1 unspecified atom stereocenters. The fourth-order valence-electron chi connectivity index (χ4n) is 2.03. The zero-order chi connectivity index (χ0) is 16.3. The molecular formula is C16H20N2O3S. The van der Waals surface area contributed by atoms with Gasteiger partial charge in [-0.1, -0.05) is 18.2 Å². The summed E-state index contributed by atoms with van der Waals surface area (Å²) in [6.07, 6.45) is -0.845. The summed E-state index contributed by atoms with van der Waals surface area (Å²) in [5.41, 5.74) is 0.286. The molecule has 0 saturated heterocycles. The maximum atomic E-state index is 11.7. The van der Waals surface area contributed by atoms with Crippen LogP contribution in [-0.2, 0) is 9.59 Å². The molecule has 2 amide bonds. The average Bonchev–Trinajstić information content (AvgIpc) is 2.86. The van der Waals surface area contributed by atoms with Gasteiger partial charge in [0.1, 0.15) is 0 Å². The van der Waals surface area contributed by atoms with Crippen molar-refractivity contribution in [3.63, 3.8) is 0 Å². The Hall–Kier alpha value is -1.92. The van der Waals surface area contributed by atoms with Crippen molar-refractivity contribution in [1.29, 1.82) is 0 Å². The van der Waals surface area contributed by atoms with E-state index >= 15 is 0 Å². The van der Waals surface area contributed by atoms with Crippen LogP contribution in [0.5, 0.6) is 0 Å². The molecule has 1 heterocycles. The topological polar surface area (TPSA) is 78.4 Å². The molecule has 2 rings (SSSR count). The zero-order valence-electron chi connectivity index (χ0n) is 12.8. The van der Waals surface area contributed by atoms with Crippen molar-refractivity contribution < 1.29 is 14.7 Å². The lowest BCUT2D eigenvalue weighted by Gasteiger charge is -2.20. The highest BCUT2D eigenvalue weighted by Crippen LogP contribution is 2.29. The molecule has 0 radical (unpaired) electrons. The highest BCUT2D eigenvalue weighted by atomic mass is 32.1. The second-order valence-corrected chi connectivity index (χ2v) is 7.03. The van der Waals surface area contributed by atoms with E-state index in [9.17, 15) is 14.7 Å². The first kappa shape index (κ1) is 16.5. The lowest BCUT2D eigenvalue weighted by molar-refractivity contribution is -0.140. The second-order valence-electron chi connectivity index (χ2n) is 6.12. The first-order valence-electron chi connectivity index (χ1n) is 7.02. The Balaban J connectivity index is 1.97. The SMILES string of the molecule is CC(C)(C)NC(=O)C(=O)NCC(O)c1csc2ccccc12. The Labute approximate surface area is 133 Å². The van der Waals surface area contributed by atoms with E-state index in [1.54, 1.807) is 20.8 Å². The van der Waals surface area contributed by atoms with E-state index in [4.69, 9.17) is 0 Å². The van der Waals surface area contributed by atoms with Gasteiger partial charge in [0.2, 0.25) is 0 Å². The number of rotatable bonds is 3. The van der Waals surface area contributed by atoms with E-state index in [1.807, 2.05) is 29.6 Å². The van der Waals surface area contributed by atoms with Gasteiger partial charge in [0.25, 0.3) is 0 Å². The van der Waals surface area contributed by atoms with Crippen molar-refractivity contribution >= 4 is 33.2 Å². The summed E-state index contributed by atoms with van der Waals surface area (Å²) in [5, 5.41) is 18.1. The van der Waals surface area contributed by atoms with Crippen LogP contribution >= 0.6 is 11.3 Å². The lowest BCUT2D eigenvalue weighted by Crippen LogP contribution is -2.48. The number of carbonyl (C=O) groups is 2. The molecule has 118 valence electrons. The summed E-state index contributed by atoms with van der Waals surface area (Å²) >= 11 is 1.54. The monoisotopic (exact) mass is 320 g/mol. The molecule has 2 aromatic rings. The molecule has 1 aromatic heterocycles. The van der Waals surface area contributed by atoms with Crippen LogP contribution in [0.2, 0.25) is 0 Å². The van der Waals surface area contributed by atoms with Crippen LogP contribution in [0.4, 0.5) is 0 Å². The van der Waals surface area contributed by atoms with Crippen molar-refractivity contribution in [2.75, 3.05) is 6.54 Å². The number of carbonyl (C=O) groups excluding carboxylic acids is 2. The molecule has 1 aromatic carbocycles. The minimum Gasteiger partial charge on any atom is -0.387 e. The predicted octanol–water partition coefficient (Wildman–Crippen LogP) is 1.97. The van der Waals surface area contributed by atoms with E-state index in [0.717, 1.165) is 15.6 Å². The second kappa shape index (κ2) is 6.46. The number of hydrogen-bond acceptors (Lipinski definition) is 4. The third-order valence-corrected chi connectivity index (χ3v) is 4.00. The van der Waals surface area contributed by atoms with Crippen LogP contribution in [-0.4, -0.2) is 29.0 Å². The fraction of sp³-hybridized carbons (Fsp3) is 0.375. The third-order valence-electron chi connectivity index (χ3n) is 3.02. The van der Waals surface area contributed by atoms with Gasteiger partial charge in [0, 0.05) is 22.3 Å². The lowest BCUT2D eigenvalue weighted by atomic mass is 10.1. The molecule has 0 aliphatic rings. The quantitative estimate of drug-likeness (QED) is 0.757. The van der Waals surface area contributed by atoms with Crippen LogP contribution in [0.15, 0.2) is 29.6 Å². The van der Waals surface area contributed by atoms with Crippen molar-refractivity contribution in [1.82, 2.24) is 10.6 Å². The standard InChI is InChI=1S/C16H20N2O3S/c1-16(2,3)18-15(21)14(20)17-8-12(19)11-9-22-13-7-5-4-6-10(11)13/h4-7,9,12,19H,8H2,1-3H3,(H,17,20)(H,18,21). The maximum Gasteiger partial charge on any atom is 0.309 e. The van der Waals surface area contributed by atoms with E-state index < -0.39 is 23.5 Å². The van der Waals surface area contributed by atoms with Gasteiger partial charge >= 0.3 is 11.8 Å². The van der Waals surface area contributed by atoms with Crippen molar-refractivity contribution in [2.24, 2.45) is 0 Å². The van der Waals surface area contributed by atoms with Gasteiger partial charge in [-0.15, -0.1) is 11.3 Å². The number of hydrogen-bond donors (Lipinski definition) is 3. The van der Waals surface area contributed by atoms with Gasteiger partial charge in [0.05, 0.1) is 6.10 Å². The number of thiophene rings is 1. The molecule has 0 spiro atoms. The smallest absolute Gasteiger partial charge is 0.309 e. The van der Waals surface area contributed by atoms with Crippen LogP contribution < -0.4 is 10.6 Å². The third kappa shape index (κ3) is 4.05. The Kier molecular flexibility index (Phi) is 4.83. The van der Waals surface area contributed by atoms with Gasteiger partial charge in [0.15, 0.2) is 0 Å². The van der Waals surface area contributed by atoms with Crippen LogP contribution in [0, 0.1) is 0 Å². The summed E-state index contributed by atoms with van der Waals surface area (Å²) in [5.74, 6) is -1.44. The molecule has 3 N–H and O–H groups in total. The molecule has 0 fully saturated rings. The van der Waals surface area contributed by atoms with Crippen LogP contribution in [0.3, 0.4) is 0 Å². The molecular weight excluding hydrogens is 300 g/mol. The van der Waals surface area contributed by atoms with Gasteiger partial charge in [-0.2, -0.15) is 0 Å². The van der Waals surface area contributed by atoms with Gasteiger partial charge < -0.3 is 15.7 Å². The van der Waals surface area contributed by atoms with Crippen LogP contribution in [0.25, 0.3) is 10.1 Å². The molecule has 22 heavy (non-hydrogen) atoms. The van der Waals surface area contributed by atoms with Gasteiger partial charge in [-0.3, -0.25) is 9.59 Å². The summed E-state index contributed by atoms with van der Waals surface area (Å²) in [6.45, 7) is 5.39. The Morgan fingerprint density at radius 2 is 1.91 bits per heavy atom. The number of aliphatic hydroxyl groups is 1. The van der Waals surface area contributed by atoms with Crippen LogP contribution in [0.1, 0.15) is 32.4 Å². The average molecular weight is 320 g/mol. The fourth-order valence-corrected chi connectivity index (χ4v) is 3.04.